The third-order valence-electron chi connectivity index (χ3n) is 3.71. The maximum Gasteiger partial charge on any atom is 0.407 e. The summed E-state index contributed by atoms with van der Waals surface area (Å²) in [5.41, 5.74) is 1.52. The van der Waals surface area contributed by atoms with Crippen molar-refractivity contribution in [2.45, 2.75) is 51.2 Å². The molecule has 1 unspecified atom stereocenters. The van der Waals surface area contributed by atoms with Gasteiger partial charge in [0.25, 0.3) is 5.92 Å². The highest BCUT2D eigenvalue weighted by molar-refractivity contribution is 9.10. The first kappa shape index (κ1) is 19.1. The van der Waals surface area contributed by atoms with Crippen molar-refractivity contribution in [3.63, 3.8) is 0 Å². The Morgan fingerprint density at radius 1 is 1.33 bits per heavy atom. The Balaban J connectivity index is 1.84. The molecule has 0 aromatic heterocycles. The number of alkyl halides is 2. The van der Waals surface area contributed by atoms with Gasteiger partial charge in [-0.15, -0.1) is 0 Å². The van der Waals surface area contributed by atoms with E-state index < -0.39 is 30.7 Å². The number of nitrogens with one attached hydrogen (secondary N) is 2. The van der Waals surface area contributed by atoms with Crippen LogP contribution >= 0.6 is 15.9 Å². The van der Waals surface area contributed by atoms with Crippen molar-refractivity contribution in [2.75, 3.05) is 13.1 Å². The molecule has 1 aromatic rings. The summed E-state index contributed by atoms with van der Waals surface area (Å²) >= 11 is 3.49. The van der Waals surface area contributed by atoms with Crippen LogP contribution in [-0.4, -0.2) is 30.7 Å². The van der Waals surface area contributed by atoms with Gasteiger partial charge in [0.2, 0.25) is 0 Å². The minimum Gasteiger partial charge on any atom is -0.444 e. The van der Waals surface area contributed by atoms with Crippen molar-refractivity contribution in [3.05, 3.63) is 33.8 Å². The summed E-state index contributed by atoms with van der Waals surface area (Å²) in [5.74, 6) is -3.05. The Morgan fingerprint density at radius 2 is 2.04 bits per heavy atom. The highest BCUT2D eigenvalue weighted by atomic mass is 79.9. The van der Waals surface area contributed by atoms with Gasteiger partial charge in [-0.3, -0.25) is 0 Å². The van der Waals surface area contributed by atoms with Gasteiger partial charge < -0.3 is 15.4 Å². The van der Waals surface area contributed by atoms with Crippen LogP contribution in [0.25, 0.3) is 0 Å². The molecular weight excluding hydrogens is 382 g/mol. The first-order valence-corrected chi connectivity index (χ1v) is 8.72. The number of ether oxygens (including phenoxy) is 1. The molecule has 1 aliphatic carbocycles. The van der Waals surface area contributed by atoms with Crippen LogP contribution in [0.4, 0.5) is 13.6 Å². The zero-order chi connectivity index (χ0) is 18.0. The average Bonchev–Trinajstić information content (AvgIpc) is 2.86. The first-order chi connectivity index (χ1) is 11.1. The van der Waals surface area contributed by atoms with E-state index in [9.17, 15) is 13.6 Å². The second-order valence-corrected chi connectivity index (χ2v) is 7.85. The number of carbonyl (C=O) groups excluding carboxylic acids is 1. The summed E-state index contributed by atoms with van der Waals surface area (Å²) in [5, 5.41) is 5.04. The number of hydrogen-bond acceptors (Lipinski definition) is 3. The van der Waals surface area contributed by atoms with Crippen molar-refractivity contribution in [2.24, 2.45) is 0 Å². The van der Waals surface area contributed by atoms with E-state index in [1.165, 1.54) is 5.56 Å². The van der Waals surface area contributed by atoms with E-state index >= 15 is 0 Å². The highest BCUT2D eigenvalue weighted by Gasteiger charge is 2.33. The standard InChI is InChI=1S/C17H23BrF2N2O2/c1-16(2,3)24-15(23)22-10-17(19,20)9-21-14-8-7-11-12(14)5-4-6-13(11)18/h4-6,14,21H,7-10H2,1-3H3,(H,22,23). The lowest BCUT2D eigenvalue weighted by atomic mass is 10.1. The van der Waals surface area contributed by atoms with Gasteiger partial charge in [0, 0.05) is 10.5 Å². The highest BCUT2D eigenvalue weighted by Crippen LogP contribution is 2.35. The molecule has 0 radical (unpaired) electrons. The summed E-state index contributed by atoms with van der Waals surface area (Å²) in [6.45, 7) is 3.79. The molecule has 7 heteroatoms. The topological polar surface area (TPSA) is 50.4 Å². The molecule has 2 N–H and O–H groups in total. The van der Waals surface area contributed by atoms with Gasteiger partial charge in [-0.1, -0.05) is 28.1 Å². The quantitative estimate of drug-likeness (QED) is 0.773. The molecule has 24 heavy (non-hydrogen) atoms. The fourth-order valence-corrected chi connectivity index (χ4v) is 3.25. The van der Waals surface area contributed by atoms with Crippen LogP contribution in [0.1, 0.15) is 44.4 Å². The zero-order valence-electron chi connectivity index (χ0n) is 14.1. The summed E-state index contributed by atoms with van der Waals surface area (Å²) in [7, 11) is 0. The molecule has 4 nitrogen and oxygen atoms in total. The van der Waals surface area contributed by atoms with E-state index in [1.54, 1.807) is 20.8 Å². The fraction of sp³-hybridized carbons (Fsp3) is 0.588. The molecule has 0 spiro atoms. The van der Waals surface area contributed by atoms with Crippen LogP contribution in [0.2, 0.25) is 0 Å². The summed E-state index contributed by atoms with van der Waals surface area (Å²) < 4.78 is 33.9. The Bertz CT molecular complexity index is 603. The third-order valence-corrected chi connectivity index (χ3v) is 4.45. The van der Waals surface area contributed by atoms with Crippen molar-refractivity contribution in [1.82, 2.24) is 10.6 Å². The Hall–Kier alpha value is -1.21. The van der Waals surface area contributed by atoms with E-state index in [0.29, 0.717) is 0 Å². The van der Waals surface area contributed by atoms with Crippen molar-refractivity contribution in [1.29, 1.82) is 0 Å². The average molecular weight is 405 g/mol. The predicted molar refractivity (Wildman–Crippen MR) is 92.4 cm³/mol. The molecule has 134 valence electrons. The van der Waals surface area contributed by atoms with E-state index in [4.69, 9.17) is 4.74 Å². The second-order valence-electron chi connectivity index (χ2n) is 6.99. The van der Waals surface area contributed by atoms with Crippen LogP contribution in [-0.2, 0) is 11.2 Å². The Kier molecular flexibility index (Phi) is 5.86. The zero-order valence-corrected chi connectivity index (χ0v) is 15.7. The lowest BCUT2D eigenvalue weighted by Crippen LogP contribution is -2.45. The maximum atomic E-state index is 14.0. The number of benzene rings is 1. The van der Waals surface area contributed by atoms with Crippen LogP contribution in [0.15, 0.2) is 22.7 Å². The molecule has 1 aromatic carbocycles. The minimum atomic E-state index is -3.05. The number of alkyl carbamates (subject to hydrolysis) is 1. The molecule has 0 fully saturated rings. The lowest BCUT2D eigenvalue weighted by molar-refractivity contribution is -0.00559. The van der Waals surface area contributed by atoms with Crippen LogP contribution < -0.4 is 10.6 Å². The third kappa shape index (κ3) is 5.41. The van der Waals surface area contributed by atoms with Crippen molar-refractivity contribution in [3.8, 4) is 0 Å². The van der Waals surface area contributed by atoms with Gasteiger partial charge in [-0.2, -0.15) is 0 Å². The van der Waals surface area contributed by atoms with Gasteiger partial charge >= 0.3 is 6.09 Å². The second kappa shape index (κ2) is 7.35. The van der Waals surface area contributed by atoms with E-state index in [0.717, 1.165) is 22.9 Å². The van der Waals surface area contributed by atoms with Crippen molar-refractivity contribution < 1.29 is 18.3 Å². The molecular formula is C17H23BrF2N2O2. The van der Waals surface area contributed by atoms with E-state index in [2.05, 4.69) is 26.6 Å². The predicted octanol–water partition coefficient (Wildman–Crippen LogP) is 4.19. The first-order valence-electron chi connectivity index (χ1n) is 7.93. The Labute approximate surface area is 149 Å². The summed E-state index contributed by atoms with van der Waals surface area (Å²) in [6, 6.07) is 5.73. The molecule has 1 atom stereocenters. The molecule has 0 saturated heterocycles. The van der Waals surface area contributed by atoms with Crippen LogP contribution in [0.5, 0.6) is 0 Å². The molecule has 0 bridgehead atoms. The summed E-state index contributed by atoms with van der Waals surface area (Å²) in [6.07, 6.45) is 0.807. The maximum absolute atomic E-state index is 14.0. The number of rotatable bonds is 5. The van der Waals surface area contributed by atoms with Crippen molar-refractivity contribution >= 4 is 22.0 Å². The SMILES string of the molecule is CC(C)(C)OC(=O)NCC(F)(F)CNC1CCc2c(Br)cccc21. The number of carbonyl (C=O) groups is 1. The molecule has 1 amide bonds. The number of amides is 1. The van der Waals surface area contributed by atoms with Gasteiger partial charge in [0.05, 0.1) is 13.1 Å². The van der Waals surface area contributed by atoms with Gasteiger partial charge in [0.15, 0.2) is 0 Å². The van der Waals surface area contributed by atoms with Gasteiger partial charge in [-0.05, 0) is 50.8 Å². The van der Waals surface area contributed by atoms with Crippen LogP contribution in [0.3, 0.4) is 0 Å². The molecule has 0 saturated carbocycles. The fourth-order valence-electron chi connectivity index (χ4n) is 2.67. The smallest absolute Gasteiger partial charge is 0.407 e. The lowest BCUT2D eigenvalue weighted by Gasteiger charge is -2.23. The largest absolute Gasteiger partial charge is 0.444 e. The van der Waals surface area contributed by atoms with Gasteiger partial charge in [0.1, 0.15) is 5.60 Å². The number of fused-ring (bicyclic) bond motifs is 1. The monoisotopic (exact) mass is 404 g/mol. The molecule has 1 aliphatic rings. The molecule has 2 rings (SSSR count). The Morgan fingerprint density at radius 3 is 2.71 bits per heavy atom. The number of hydrogen-bond donors (Lipinski definition) is 2. The molecule has 0 aliphatic heterocycles. The molecule has 0 heterocycles. The van der Waals surface area contributed by atoms with E-state index in [-0.39, 0.29) is 6.04 Å². The summed E-state index contributed by atoms with van der Waals surface area (Å²) in [4.78, 5) is 11.5. The van der Waals surface area contributed by atoms with Crippen LogP contribution in [0, 0.1) is 0 Å². The number of halogens is 3. The van der Waals surface area contributed by atoms with E-state index in [1.807, 2.05) is 18.2 Å². The van der Waals surface area contributed by atoms with Gasteiger partial charge in [-0.25, -0.2) is 13.6 Å². The normalized spacial score (nSPS) is 17.5. The minimum absolute atomic E-state index is 0.0927.